The van der Waals surface area contributed by atoms with Crippen LogP contribution in [0.5, 0.6) is 0 Å². The Bertz CT molecular complexity index is 890. The quantitative estimate of drug-likeness (QED) is 0.730. The summed E-state index contributed by atoms with van der Waals surface area (Å²) in [6, 6.07) is 16.4. The smallest absolute Gasteiger partial charge is 0.297 e. The highest BCUT2D eigenvalue weighted by atomic mass is 32.2. The summed E-state index contributed by atoms with van der Waals surface area (Å²) >= 11 is 0. The van der Waals surface area contributed by atoms with Gasteiger partial charge in [0.25, 0.3) is 10.1 Å². The predicted octanol–water partition coefficient (Wildman–Crippen LogP) is 3.68. The number of ether oxygens (including phenoxy) is 1. The second-order valence-electron chi connectivity index (χ2n) is 7.85. The minimum atomic E-state index is -3.89. The lowest BCUT2D eigenvalue weighted by Gasteiger charge is -2.44. The van der Waals surface area contributed by atoms with Crippen molar-refractivity contribution in [1.29, 1.82) is 0 Å². The lowest BCUT2D eigenvalue weighted by atomic mass is 9.96. The van der Waals surface area contributed by atoms with E-state index in [-0.39, 0.29) is 17.0 Å². The Kier molecular flexibility index (Phi) is 5.45. The molecule has 2 aromatic rings. The van der Waals surface area contributed by atoms with Crippen LogP contribution in [0.25, 0.3) is 0 Å². The first kappa shape index (κ1) is 20.0. The summed E-state index contributed by atoms with van der Waals surface area (Å²) in [5, 5.41) is 0. The Hall–Kier alpha value is -1.73. The molecule has 1 aliphatic rings. The van der Waals surface area contributed by atoms with Crippen molar-refractivity contribution in [1.82, 2.24) is 4.90 Å². The van der Waals surface area contributed by atoms with Crippen LogP contribution in [0.1, 0.15) is 31.9 Å². The van der Waals surface area contributed by atoms with Crippen molar-refractivity contribution in [3.63, 3.8) is 0 Å². The van der Waals surface area contributed by atoms with Crippen molar-refractivity contribution in [3.8, 4) is 0 Å². The van der Waals surface area contributed by atoms with E-state index in [4.69, 9.17) is 8.92 Å². The van der Waals surface area contributed by atoms with E-state index in [2.05, 4.69) is 25.7 Å². The molecule has 1 atom stereocenters. The Morgan fingerprint density at radius 1 is 1.11 bits per heavy atom. The molecule has 0 aliphatic carbocycles. The standard InChI is InChI=1S/C21H27NO4S/c1-17-9-8-12-19(15-17)27(23,24)26-16-21(18-10-6-5-7-11-18)22(13-14-25-21)20(2,3)4/h5-12,15H,13-14,16H2,1-4H3. The topological polar surface area (TPSA) is 55.8 Å². The Morgan fingerprint density at radius 2 is 1.81 bits per heavy atom. The van der Waals surface area contributed by atoms with Gasteiger partial charge in [-0.3, -0.25) is 9.08 Å². The summed E-state index contributed by atoms with van der Waals surface area (Å²) in [6.07, 6.45) is 0. The van der Waals surface area contributed by atoms with Crippen LogP contribution in [0.3, 0.4) is 0 Å². The van der Waals surface area contributed by atoms with Crippen LogP contribution in [0.15, 0.2) is 59.5 Å². The minimum Gasteiger partial charge on any atom is -0.352 e. The normalized spacial score (nSPS) is 21.5. The van der Waals surface area contributed by atoms with Gasteiger partial charge in [-0.1, -0.05) is 42.5 Å². The summed E-state index contributed by atoms with van der Waals surface area (Å²) in [4.78, 5) is 2.33. The molecule has 2 aromatic carbocycles. The average Bonchev–Trinajstić information content (AvgIpc) is 3.07. The number of aryl methyl sites for hydroxylation is 1. The van der Waals surface area contributed by atoms with Crippen molar-refractivity contribution >= 4 is 10.1 Å². The van der Waals surface area contributed by atoms with Crippen LogP contribution < -0.4 is 0 Å². The molecule has 1 fully saturated rings. The molecule has 0 radical (unpaired) electrons. The molecular weight excluding hydrogens is 362 g/mol. The first-order valence-corrected chi connectivity index (χ1v) is 10.5. The van der Waals surface area contributed by atoms with Crippen LogP contribution in [-0.4, -0.2) is 38.6 Å². The Balaban J connectivity index is 1.96. The Labute approximate surface area is 162 Å². The zero-order valence-corrected chi connectivity index (χ0v) is 17.1. The lowest BCUT2D eigenvalue weighted by Crippen LogP contribution is -2.54. The molecule has 146 valence electrons. The van der Waals surface area contributed by atoms with Crippen molar-refractivity contribution in [2.75, 3.05) is 19.8 Å². The fourth-order valence-electron chi connectivity index (χ4n) is 3.58. The lowest BCUT2D eigenvalue weighted by molar-refractivity contribution is -0.143. The number of hydrogen-bond donors (Lipinski definition) is 0. The third-order valence-electron chi connectivity index (χ3n) is 4.81. The fourth-order valence-corrected chi connectivity index (χ4v) is 4.60. The molecule has 0 amide bonds. The van der Waals surface area contributed by atoms with E-state index < -0.39 is 15.8 Å². The van der Waals surface area contributed by atoms with Crippen LogP contribution in [-0.2, 0) is 24.8 Å². The zero-order chi connectivity index (χ0) is 19.7. The van der Waals surface area contributed by atoms with Gasteiger partial charge in [0, 0.05) is 17.6 Å². The van der Waals surface area contributed by atoms with Crippen molar-refractivity contribution in [2.45, 2.75) is 43.9 Å². The van der Waals surface area contributed by atoms with Crippen molar-refractivity contribution in [2.24, 2.45) is 0 Å². The molecule has 27 heavy (non-hydrogen) atoms. The highest BCUT2D eigenvalue weighted by molar-refractivity contribution is 7.86. The zero-order valence-electron chi connectivity index (χ0n) is 16.3. The van der Waals surface area contributed by atoms with Gasteiger partial charge >= 0.3 is 0 Å². The highest BCUT2D eigenvalue weighted by Gasteiger charge is 2.49. The largest absolute Gasteiger partial charge is 0.352 e. The van der Waals surface area contributed by atoms with E-state index in [0.29, 0.717) is 13.2 Å². The number of nitrogens with zero attached hydrogens (tertiary/aromatic N) is 1. The molecule has 0 saturated carbocycles. The summed E-state index contributed by atoms with van der Waals surface area (Å²) in [5.41, 5.74) is 0.585. The highest BCUT2D eigenvalue weighted by Crippen LogP contribution is 2.40. The number of benzene rings is 2. The molecule has 0 N–H and O–H groups in total. The van der Waals surface area contributed by atoms with Gasteiger partial charge < -0.3 is 4.74 Å². The Morgan fingerprint density at radius 3 is 2.44 bits per heavy atom. The molecule has 1 saturated heterocycles. The van der Waals surface area contributed by atoms with E-state index in [9.17, 15) is 8.42 Å². The molecule has 0 bridgehead atoms. The molecule has 3 rings (SSSR count). The van der Waals surface area contributed by atoms with Crippen LogP contribution in [0.4, 0.5) is 0 Å². The first-order valence-electron chi connectivity index (χ1n) is 9.08. The fraction of sp³-hybridized carbons (Fsp3) is 0.429. The van der Waals surface area contributed by atoms with Gasteiger partial charge in [-0.2, -0.15) is 8.42 Å². The first-order chi connectivity index (χ1) is 12.7. The number of hydrogen-bond acceptors (Lipinski definition) is 5. The maximum absolute atomic E-state index is 12.8. The van der Waals surface area contributed by atoms with Crippen LogP contribution in [0.2, 0.25) is 0 Å². The van der Waals surface area contributed by atoms with E-state index in [1.807, 2.05) is 43.3 Å². The minimum absolute atomic E-state index is 0.107. The third-order valence-corrected chi connectivity index (χ3v) is 6.07. The van der Waals surface area contributed by atoms with E-state index in [1.54, 1.807) is 18.2 Å². The van der Waals surface area contributed by atoms with Crippen molar-refractivity contribution in [3.05, 3.63) is 65.7 Å². The average molecular weight is 390 g/mol. The maximum atomic E-state index is 12.8. The summed E-state index contributed by atoms with van der Waals surface area (Å²) < 4.78 is 37.2. The van der Waals surface area contributed by atoms with Gasteiger partial charge in [0.05, 0.1) is 11.5 Å². The van der Waals surface area contributed by atoms with E-state index in [1.165, 1.54) is 0 Å². The molecule has 0 aromatic heterocycles. The van der Waals surface area contributed by atoms with Gasteiger partial charge in [0.1, 0.15) is 6.61 Å². The monoisotopic (exact) mass is 389 g/mol. The number of rotatable bonds is 5. The second kappa shape index (κ2) is 7.36. The van der Waals surface area contributed by atoms with Gasteiger partial charge in [0.2, 0.25) is 0 Å². The van der Waals surface area contributed by atoms with Gasteiger partial charge in [-0.25, -0.2) is 0 Å². The molecule has 5 nitrogen and oxygen atoms in total. The van der Waals surface area contributed by atoms with Crippen LogP contribution >= 0.6 is 0 Å². The summed E-state index contributed by atoms with van der Waals surface area (Å²) in [6.45, 7) is 9.24. The molecule has 0 spiro atoms. The van der Waals surface area contributed by atoms with Crippen LogP contribution in [0, 0.1) is 6.92 Å². The SMILES string of the molecule is Cc1cccc(S(=O)(=O)OCC2(c3ccccc3)OCCN2C(C)(C)C)c1. The van der Waals surface area contributed by atoms with E-state index in [0.717, 1.165) is 11.1 Å². The molecule has 1 heterocycles. The van der Waals surface area contributed by atoms with E-state index >= 15 is 0 Å². The molecule has 1 aliphatic heterocycles. The predicted molar refractivity (Wildman–Crippen MR) is 105 cm³/mol. The van der Waals surface area contributed by atoms with Gasteiger partial charge in [-0.05, 0) is 45.4 Å². The van der Waals surface area contributed by atoms with Crippen molar-refractivity contribution < 1.29 is 17.3 Å². The van der Waals surface area contributed by atoms with Gasteiger partial charge in [0.15, 0.2) is 5.72 Å². The molecule has 6 heteroatoms. The molecular formula is C21H27NO4S. The third kappa shape index (κ3) is 4.09. The maximum Gasteiger partial charge on any atom is 0.297 e. The summed E-state index contributed by atoms with van der Waals surface area (Å²) in [7, 11) is -3.89. The second-order valence-corrected chi connectivity index (χ2v) is 9.47. The summed E-state index contributed by atoms with van der Waals surface area (Å²) in [5.74, 6) is 0. The van der Waals surface area contributed by atoms with Gasteiger partial charge in [-0.15, -0.1) is 0 Å². The molecule has 1 unspecified atom stereocenters.